The Hall–Kier alpha value is -1.53. The third-order valence-electron chi connectivity index (χ3n) is 5.29. The Labute approximate surface area is 160 Å². The molecule has 1 aromatic carbocycles. The van der Waals surface area contributed by atoms with Crippen molar-refractivity contribution < 1.29 is 9.59 Å². The molecule has 0 radical (unpaired) electrons. The topological polar surface area (TPSA) is 61.4 Å². The summed E-state index contributed by atoms with van der Waals surface area (Å²) in [5, 5.41) is 6.61. The van der Waals surface area contributed by atoms with Crippen molar-refractivity contribution >= 4 is 23.6 Å². The summed E-state index contributed by atoms with van der Waals surface area (Å²) in [6, 6.07) is 10.2. The molecule has 1 aromatic rings. The van der Waals surface area contributed by atoms with Gasteiger partial charge in [0.2, 0.25) is 11.8 Å². The molecule has 3 atom stereocenters. The van der Waals surface area contributed by atoms with Crippen molar-refractivity contribution in [3.05, 3.63) is 35.9 Å². The number of carbonyl (C=O) groups excluding carboxylic acids is 2. The second-order valence-corrected chi connectivity index (χ2v) is 8.26. The molecule has 2 heterocycles. The first kappa shape index (κ1) is 19.2. The van der Waals surface area contributed by atoms with Gasteiger partial charge >= 0.3 is 0 Å². The molecule has 0 aliphatic carbocycles. The van der Waals surface area contributed by atoms with Crippen LogP contribution in [-0.2, 0) is 16.0 Å². The van der Waals surface area contributed by atoms with E-state index in [4.69, 9.17) is 0 Å². The fraction of sp³-hybridized carbons (Fsp3) is 0.600. The van der Waals surface area contributed by atoms with Gasteiger partial charge in [-0.25, -0.2) is 0 Å². The number of fused-ring (bicyclic) bond motifs is 2. The first-order chi connectivity index (χ1) is 12.7. The summed E-state index contributed by atoms with van der Waals surface area (Å²) < 4.78 is 0. The lowest BCUT2D eigenvalue weighted by atomic mass is 10.1. The number of hydrogen-bond acceptors (Lipinski definition) is 4. The van der Waals surface area contributed by atoms with Gasteiger partial charge in [0.15, 0.2) is 0 Å². The van der Waals surface area contributed by atoms with E-state index < -0.39 is 6.04 Å². The predicted molar refractivity (Wildman–Crippen MR) is 106 cm³/mol. The van der Waals surface area contributed by atoms with E-state index in [0.29, 0.717) is 24.9 Å². The second kappa shape index (κ2) is 9.42. The number of nitrogens with zero attached hydrogens (tertiary/aromatic N) is 1. The fourth-order valence-electron chi connectivity index (χ4n) is 3.88. The number of thioether (sulfide) groups is 1. The lowest BCUT2D eigenvalue weighted by Gasteiger charge is -2.29. The first-order valence-corrected chi connectivity index (χ1v) is 10.9. The Kier molecular flexibility index (Phi) is 6.97. The van der Waals surface area contributed by atoms with Crippen LogP contribution in [0.25, 0.3) is 0 Å². The highest BCUT2D eigenvalue weighted by Gasteiger charge is 2.33. The van der Waals surface area contributed by atoms with Gasteiger partial charge in [0.05, 0.1) is 6.42 Å². The highest BCUT2D eigenvalue weighted by Crippen LogP contribution is 2.21. The molecule has 2 aliphatic rings. The molecule has 3 unspecified atom stereocenters. The van der Waals surface area contributed by atoms with Gasteiger partial charge < -0.3 is 15.5 Å². The van der Waals surface area contributed by atoms with Crippen LogP contribution in [0.15, 0.2) is 30.3 Å². The van der Waals surface area contributed by atoms with Crippen LogP contribution in [0.3, 0.4) is 0 Å². The minimum atomic E-state index is -0.421. The van der Waals surface area contributed by atoms with Gasteiger partial charge in [-0.15, -0.1) is 0 Å². The normalized spacial score (nSPS) is 23.3. The summed E-state index contributed by atoms with van der Waals surface area (Å²) >= 11 is 1.71. The Morgan fingerprint density at radius 2 is 2.00 bits per heavy atom. The van der Waals surface area contributed by atoms with E-state index in [1.807, 2.05) is 41.5 Å². The van der Waals surface area contributed by atoms with Crippen LogP contribution in [0.1, 0.15) is 31.2 Å². The molecule has 5 nitrogen and oxygen atoms in total. The Balaban J connectivity index is 1.60. The van der Waals surface area contributed by atoms with Gasteiger partial charge in [0, 0.05) is 25.2 Å². The van der Waals surface area contributed by atoms with Crippen LogP contribution in [0.5, 0.6) is 0 Å². The quantitative estimate of drug-likeness (QED) is 0.763. The number of likely N-dealkylation sites (tertiary alicyclic amines) is 1. The smallest absolute Gasteiger partial charge is 0.245 e. The molecule has 3 rings (SSSR count). The predicted octanol–water partition coefficient (Wildman–Crippen LogP) is 1.82. The van der Waals surface area contributed by atoms with Crippen molar-refractivity contribution in [3.63, 3.8) is 0 Å². The average Bonchev–Trinajstić information content (AvgIpc) is 2.97. The standard InChI is InChI=1S/C20H29N3O2S/c1-26-12-10-18(22-19(24)13-15-5-3-2-4-6-15)20(25)23-11-9-16-7-8-17(14-23)21-16/h2-6,16-18,21H,7-14H2,1H3,(H,22,24). The van der Waals surface area contributed by atoms with Gasteiger partial charge in [-0.05, 0) is 43.3 Å². The molecule has 2 aliphatic heterocycles. The lowest BCUT2D eigenvalue weighted by Crippen LogP contribution is -2.51. The van der Waals surface area contributed by atoms with Gasteiger partial charge in [-0.2, -0.15) is 11.8 Å². The zero-order valence-electron chi connectivity index (χ0n) is 15.4. The van der Waals surface area contributed by atoms with Crippen LogP contribution < -0.4 is 10.6 Å². The Morgan fingerprint density at radius 3 is 2.77 bits per heavy atom. The van der Waals surface area contributed by atoms with E-state index >= 15 is 0 Å². The third kappa shape index (κ3) is 5.24. The van der Waals surface area contributed by atoms with Crippen LogP contribution in [0.2, 0.25) is 0 Å². The van der Waals surface area contributed by atoms with E-state index in [2.05, 4.69) is 10.6 Å². The summed E-state index contributed by atoms with van der Waals surface area (Å²) in [7, 11) is 0. The molecule has 2 saturated heterocycles. The number of hydrogen-bond donors (Lipinski definition) is 2. The summed E-state index contributed by atoms with van der Waals surface area (Å²) in [5.41, 5.74) is 0.970. The lowest BCUT2D eigenvalue weighted by molar-refractivity contribution is -0.136. The molecule has 0 spiro atoms. The van der Waals surface area contributed by atoms with Crippen LogP contribution in [0.4, 0.5) is 0 Å². The molecule has 0 saturated carbocycles. The maximum atomic E-state index is 13.1. The van der Waals surface area contributed by atoms with Crippen molar-refractivity contribution in [2.75, 3.05) is 25.1 Å². The van der Waals surface area contributed by atoms with Crippen molar-refractivity contribution in [1.82, 2.24) is 15.5 Å². The molecule has 2 amide bonds. The zero-order chi connectivity index (χ0) is 18.4. The van der Waals surface area contributed by atoms with Crippen molar-refractivity contribution in [3.8, 4) is 0 Å². The maximum absolute atomic E-state index is 13.1. The molecule has 6 heteroatoms. The van der Waals surface area contributed by atoms with Crippen LogP contribution in [0, 0.1) is 0 Å². The molecule has 26 heavy (non-hydrogen) atoms. The molecule has 2 fully saturated rings. The van der Waals surface area contributed by atoms with E-state index in [1.54, 1.807) is 11.8 Å². The zero-order valence-corrected chi connectivity index (χ0v) is 16.3. The molecular formula is C20H29N3O2S. The summed E-state index contributed by atoms with van der Waals surface area (Å²) in [4.78, 5) is 27.5. The molecule has 0 aromatic heterocycles. The van der Waals surface area contributed by atoms with E-state index in [-0.39, 0.29) is 11.8 Å². The van der Waals surface area contributed by atoms with Gasteiger partial charge in [-0.1, -0.05) is 30.3 Å². The monoisotopic (exact) mass is 375 g/mol. The van der Waals surface area contributed by atoms with Gasteiger partial charge in [0.25, 0.3) is 0 Å². The maximum Gasteiger partial charge on any atom is 0.245 e. The third-order valence-corrected chi connectivity index (χ3v) is 5.93. The minimum absolute atomic E-state index is 0.0785. The molecule has 2 N–H and O–H groups in total. The number of benzene rings is 1. The van der Waals surface area contributed by atoms with Crippen LogP contribution in [-0.4, -0.2) is 59.9 Å². The molecule has 142 valence electrons. The largest absolute Gasteiger partial charge is 0.344 e. The van der Waals surface area contributed by atoms with Crippen molar-refractivity contribution in [1.29, 1.82) is 0 Å². The van der Waals surface area contributed by atoms with Crippen molar-refractivity contribution in [2.24, 2.45) is 0 Å². The van der Waals surface area contributed by atoms with E-state index in [1.165, 1.54) is 6.42 Å². The first-order valence-electron chi connectivity index (χ1n) is 9.52. The minimum Gasteiger partial charge on any atom is -0.344 e. The van der Waals surface area contributed by atoms with Crippen molar-refractivity contribution in [2.45, 2.75) is 50.2 Å². The SMILES string of the molecule is CSCCC(NC(=O)Cc1ccccc1)C(=O)N1CCC2CCC(C1)N2. The number of nitrogens with one attached hydrogen (secondary N) is 2. The second-order valence-electron chi connectivity index (χ2n) is 7.27. The molecular weight excluding hydrogens is 346 g/mol. The Bertz CT molecular complexity index is 610. The van der Waals surface area contributed by atoms with Crippen LogP contribution >= 0.6 is 11.8 Å². The number of amides is 2. The average molecular weight is 376 g/mol. The van der Waals surface area contributed by atoms with Gasteiger partial charge in [-0.3, -0.25) is 9.59 Å². The highest BCUT2D eigenvalue weighted by molar-refractivity contribution is 7.98. The molecule has 2 bridgehead atoms. The Morgan fingerprint density at radius 1 is 1.23 bits per heavy atom. The summed E-state index contributed by atoms with van der Waals surface area (Å²) in [6.07, 6.45) is 6.40. The van der Waals surface area contributed by atoms with E-state index in [9.17, 15) is 9.59 Å². The summed E-state index contributed by atoms with van der Waals surface area (Å²) in [5.74, 6) is 0.861. The van der Waals surface area contributed by atoms with Gasteiger partial charge in [0.1, 0.15) is 6.04 Å². The highest BCUT2D eigenvalue weighted by atomic mass is 32.2. The number of rotatable bonds is 7. The fourth-order valence-corrected chi connectivity index (χ4v) is 4.35. The number of carbonyl (C=O) groups is 2. The summed E-state index contributed by atoms with van der Waals surface area (Å²) in [6.45, 7) is 1.55. The van der Waals surface area contributed by atoms with E-state index in [0.717, 1.165) is 37.2 Å².